The van der Waals surface area contributed by atoms with Crippen LogP contribution in [0.3, 0.4) is 0 Å². The van der Waals surface area contributed by atoms with Gasteiger partial charge < -0.3 is 14.8 Å². The highest BCUT2D eigenvalue weighted by molar-refractivity contribution is 7.91. The van der Waals surface area contributed by atoms with E-state index in [1.807, 2.05) is 0 Å². The van der Waals surface area contributed by atoms with Crippen molar-refractivity contribution < 1.29 is 22.7 Å². The molecular weight excluding hydrogens is 394 g/mol. The number of carbonyl (C=O) groups excluding carboxylic acids is 1. The third-order valence-electron chi connectivity index (χ3n) is 3.87. The van der Waals surface area contributed by atoms with E-state index in [0.29, 0.717) is 31.7 Å². The van der Waals surface area contributed by atoms with Crippen LogP contribution in [0, 0.1) is 0 Å². The number of methoxy groups -OCH3 is 1. The lowest BCUT2D eigenvalue weighted by atomic mass is 10.1. The molecule has 27 heavy (non-hydrogen) atoms. The van der Waals surface area contributed by atoms with Crippen molar-refractivity contribution in [3.63, 3.8) is 0 Å². The predicted molar refractivity (Wildman–Crippen MR) is 97.4 cm³/mol. The Bertz CT molecular complexity index is 892. The molecule has 0 bridgehead atoms. The van der Waals surface area contributed by atoms with E-state index in [2.05, 4.69) is 20.3 Å². The van der Waals surface area contributed by atoms with Crippen LogP contribution in [0.25, 0.3) is 0 Å². The fraction of sp³-hybridized carbons (Fsp3) is 0.467. The first-order valence-electron chi connectivity index (χ1n) is 8.14. The number of rotatable bonds is 6. The summed E-state index contributed by atoms with van der Waals surface area (Å²) >= 11 is 0.933. The van der Waals surface area contributed by atoms with Crippen LogP contribution in [0.1, 0.15) is 19.8 Å². The number of piperidine rings is 1. The van der Waals surface area contributed by atoms with Crippen molar-refractivity contribution in [1.29, 1.82) is 0 Å². The second-order valence-electron chi connectivity index (χ2n) is 5.79. The quantitative estimate of drug-likeness (QED) is 0.747. The van der Waals surface area contributed by atoms with Gasteiger partial charge in [0.15, 0.2) is 15.1 Å². The number of thiazole rings is 1. The molecule has 3 rings (SSSR count). The van der Waals surface area contributed by atoms with Crippen LogP contribution in [0.2, 0.25) is 0 Å². The van der Waals surface area contributed by atoms with Gasteiger partial charge in [-0.25, -0.2) is 13.4 Å². The minimum Gasteiger partial charge on any atom is -0.494 e. The molecule has 0 unspecified atom stereocenters. The molecule has 1 aliphatic rings. The second-order valence-corrected chi connectivity index (χ2v) is 8.99. The zero-order chi connectivity index (χ0) is 19.4. The number of amides is 1. The van der Waals surface area contributed by atoms with Crippen molar-refractivity contribution in [1.82, 2.24) is 19.3 Å². The van der Waals surface area contributed by atoms with Crippen LogP contribution in [0.15, 0.2) is 22.8 Å². The van der Waals surface area contributed by atoms with Crippen molar-refractivity contribution >= 4 is 32.4 Å². The number of ether oxygens (including phenoxy) is 2. The molecule has 146 valence electrons. The van der Waals surface area contributed by atoms with Gasteiger partial charge in [0.1, 0.15) is 6.10 Å². The summed E-state index contributed by atoms with van der Waals surface area (Å²) in [5.41, 5.74) is 0. The van der Waals surface area contributed by atoms with Crippen molar-refractivity contribution in [2.75, 3.05) is 25.5 Å². The monoisotopic (exact) mass is 413 g/mol. The van der Waals surface area contributed by atoms with Crippen molar-refractivity contribution in [3.8, 4) is 11.8 Å². The molecule has 0 spiro atoms. The molecule has 1 saturated heterocycles. The standard InChI is InChI=1S/C15H19N5O5S2/c1-10(21)19-15-18-9-13(26-15)27(22,23)20-5-3-11(4-6-20)25-14-16-7-12(24-2)8-17-14/h7-9,11H,3-6H2,1-2H3,(H,18,19,21). The molecule has 0 atom stereocenters. The molecule has 0 radical (unpaired) electrons. The Morgan fingerprint density at radius 3 is 2.48 bits per heavy atom. The van der Waals surface area contributed by atoms with E-state index in [1.54, 1.807) is 0 Å². The van der Waals surface area contributed by atoms with Gasteiger partial charge in [0.05, 0.1) is 25.7 Å². The Kier molecular flexibility index (Phi) is 5.87. The smallest absolute Gasteiger partial charge is 0.316 e. The summed E-state index contributed by atoms with van der Waals surface area (Å²) in [4.78, 5) is 23.1. The van der Waals surface area contributed by atoms with Gasteiger partial charge in [-0.2, -0.15) is 14.3 Å². The summed E-state index contributed by atoms with van der Waals surface area (Å²) in [7, 11) is -2.12. The zero-order valence-corrected chi connectivity index (χ0v) is 16.4. The highest BCUT2D eigenvalue weighted by Crippen LogP contribution is 2.28. The summed E-state index contributed by atoms with van der Waals surface area (Å²) < 4.78 is 37.7. The molecule has 2 aromatic rings. The Balaban J connectivity index is 1.58. The van der Waals surface area contributed by atoms with E-state index in [4.69, 9.17) is 9.47 Å². The number of nitrogens with zero attached hydrogens (tertiary/aromatic N) is 4. The molecular formula is C15H19N5O5S2. The van der Waals surface area contributed by atoms with Crippen LogP contribution in [-0.2, 0) is 14.8 Å². The molecule has 3 heterocycles. The first-order valence-corrected chi connectivity index (χ1v) is 10.4. The second kappa shape index (κ2) is 8.15. The van der Waals surface area contributed by atoms with E-state index in [0.717, 1.165) is 11.3 Å². The van der Waals surface area contributed by atoms with Gasteiger partial charge in [-0.05, 0) is 12.8 Å². The van der Waals surface area contributed by atoms with Gasteiger partial charge in [-0.3, -0.25) is 4.79 Å². The number of aromatic nitrogens is 3. The number of hydrogen-bond donors (Lipinski definition) is 1. The molecule has 0 saturated carbocycles. The molecule has 12 heteroatoms. The molecule has 0 aromatic carbocycles. The van der Waals surface area contributed by atoms with E-state index >= 15 is 0 Å². The summed E-state index contributed by atoms with van der Waals surface area (Å²) in [5, 5.41) is 2.75. The fourth-order valence-electron chi connectivity index (χ4n) is 2.52. The maximum Gasteiger partial charge on any atom is 0.316 e. The third-order valence-corrected chi connectivity index (χ3v) is 7.12. The first kappa shape index (κ1) is 19.5. The van der Waals surface area contributed by atoms with Crippen LogP contribution in [-0.4, -0.2) is 59.9 Å². The van der Waals surface area contributed by atoms with Crippen LogP contribution >= 0.6 is 11.3 Å². The van der Waals surface area contributed by atoms with Crippen molar-refractivity contribution in [2.24, 2.45) is 0 Å². The first-order chi connectivity index (χ1) is 12.9. The van der Waals surface area contributed by atoms with Crippen LogP contribution < -0.4 is 14.8 Å². The highest BCUT2D eigenvalue weighted by Gasteiger charge is 2.32. The Morgan fingerprint density at radius 2 is 1.89 bits per heavy atom. The normalized spacial score (nSPS) is 16.1. The lowest BCUT2D eigenvalue weighted by molar-refractivity contribution is -0.114. The Hall–Kier alpha value is -2.31. The van der Waals surface area contributed by atoms with Crippen molar-refractivity contribution in [2.45, 2.75) is 30.1 Å². The zero-order valence-electron chi connectivity index (χ0n) is 14.8. The largest absolute Gasteiger partial charge is 0.494 e. The third kappa shape index (κ3) is 4.70. The molecule has 0 aliphatic carbocycles. The van der Waals surface area contributed by atoms with Gasteiger partial charge in [-0.15, -0.1) is 0 Å². The Morgan fingerprint density at radius 1 is 1.22 bits per heavy atom. The molecule has 1 fully saturated rings. The van der Waals surface area contributed by atoms with Gasteiger partial charge in [0.2, 0.25) is 5.91 Å². The van der Waals surface area contributed by atoms with E-state index in [-0.39, 0.29) is 27.4 Å². The summed E-state index contributed by atoms with van der Waals surface area (Å²) in [6, 6.07) is 0.236. The molecule has 10 nitrogen and oxygen atoms in total. The lowest BCUT2D eigenvalue weighted by Crippen LogP contribution is -2.41. The minimum absolute atomic E-state index is 0.101. The number of carbonyl (C=O) groups is 1. The fourth-order valence-corrected chi connectivity index (χ4v) is 5.23. The predicted octanol–water partition coefficient (Wildman–Crippen LogP) is 1.13. The average Bonchev–Trinajstić information content (AvgIpc) is 3.11. The van der Waals surface area contributed by atoms with E-state index in [1.165, 1.54) is 36.9 Å². The van der Waals surface area contributed by atoms with Crippen LogP contribution in [0.5, 0.6) is 11.8 Å². The summed E-state index contributed by atoms with van der Waals surface area (Å²) in [5.74, 6) is 0.235. The Labute approximate surface area is 160 Å². The van der Waals surface area contributed by atoms with Gasteiger partial charge >= 0.3 is 6.01 Å². The van der Waals surface area contributed by atoms with E-state index in [9.17, 15) is 13.2 Å². The van der Waals surface area contributed by atoms with Gasteiger partial charge in [0, 0.05) is 20.0 Å². The SMILES string of the molecule is COc1cnc(OC2CCN(S(=O)(=O)c3cnc(NC(C)=O)s3)CC2)nc1. The van der Waals surface area contributed by atoms with Gasteiger partial charge in [-0.1, -0.05) is 11.3 Å². The molecule has 1 aliphatic heterocycles. The lowest BCUT2D eigenvalue weighted by Gasteiger charge is -2.30. The topological polar surface area (TPSA) is 124 Å². The minimum atomic E-state index is -3.65. The summed E-state index contributed by atoms with van der Waals surface area (Å²) in [6.45, 7) is 1.97. The molecule has 1 amide bonds. The highest BCUT2D eigenvalue weighted by atomic mass is 32.2. The number of nitrogens with one attached hydrogen (secondary N) is 1. The van der Waals surface area contributed by atoms with Crippen LogP contribution in [0.4, 0.5) is 5.13 Å². The van der Waals surface area contributed by atoms with Gasteiger partial charge in [0.25, 0.3) is 10.0 Å². The summed E-state index contributed by atoms with van der Waals surface area (Å²) in [6.07, 6.45) is 5.16. The average molecular weight is 413 g/mol. The number of sulfonamides is 1. The number of hydrogen-bond acceptors (Lipinski definition) is 9. The number of anilines is 1. The van der Waals surface area contributed by atoms with E-state index < -0.39 is 10.0 Å². The maximum atomic E-state index is 12.7. The maximum absolute atomic E-state index is 12.7. The molecule has 1 N–H and O–H groups in total. The molecule has 2 aromatic heterocycles. The van der Waals surface area contributed by atoms with Crippen molar-refractivity contribution in [3.05, 3.63) is 18.6 Å².